The van der Waals surface area contributed by atoms with Crippen molar-refractivity contribution in [1.82, 2.24) is 4.90 Å². The Bertz CT molecular complexity index is 410. The molecule has 0 unspecified atom stereocenters. The van der Waals surface area contributed by atoms with Gasteiger partial charge >= 0.3 is 0 Å². The molecule has 1 rings (SSSR count). The molecule has 0 saturated heterocycles. The number of ether oxygens (including phenoxy) is 1. The molecule has 1 atom stereocenters. The van der Waals surface area contributed by atoms with Crippen molar-refractivity contribution in [2.75, 3.05) is 14.2 Å². The Hall–Kier alpha value is -1.46. The van der Waals surface area contributed by atoms with E-state index in [4.69, 9.17) is 10.5 Å². The van der Waals surface area contributed by atoms with E-state index in [1.54, 1.807) is 32.2 Å². The lowest BCUT2D eigenvalue weighted by Crippen LogP contribution is -2.39. The van der Waals surface area contributed by atoms with Gasteiger partial charge in [0.25, 0.3) is 0 Å². The van der Waals surface area contributed by atoms with Crippen molar-refractivity contribution in [3.05, 3.63) is 23.8 Å². The fourth-order valence-corrected chi connectivity index (χ4v) is 1.53. The van der Waals surface area contributed by atoms with E-state index in [9.17, 15) is 9.90 Å². The largest absolute Gasteiger partial charge is 0.504 e. The third kappa shape index (κ3) is 4.09. The van der Waals surface area contributed by atoms with Crippen molar-refractivity contribution in [3.63, 3.8) is 0 Å². The second-order valence-corrected chi connectivity index (χ2v) is 3.99. The van der Waals surface area contributed by atoms with Gasteiger partial charge in [0.05, 0.1) is 13.2 Å². The van der Waals surface area contributed by atoms with Crippen LogP contribution in [-0.2, 0) is 11.3 Å². The molecule has 0 aromatic heterocycles. The van der Waals surface area contributed by atoms with Crippen molar-refractivity contribution in [2.45, 2.75) is 19.5 Å². The zero-order chi connectivity index (χ0) is 13.0. The van der Waals surface area contributed by atoms with Crippen LogP contribution in [-0.4, -0.2) is 36.1 Å². The summed E-state index contributed by atoms with van der Waals surface area (Å²) in [5, 5.41) is 9.60. The topological polar surface area (TPSA) is 75.8 Å². The molecular formula is C12H19ClN2O3. The average Bonchev–Trinajstić information content (AvgIpc) is 2.28. The molecule has 0 saturated carbocycles. The van der Waals surface area contributed by atoms with Gasteiger partial charge in [-0.15, -0.1) is 12.4 Å². The first-order valence-corrected chi connectivity index (χ1v) is 5.32. The van der Waals surface area contributed by atoms with Crippen molar-refractivity contribution in [1.29, 1.82) is 0 Å². The number of likely N-dealkylation sites (N-methyl/N-ethyl adjacent to an activating group) is 1. The van der Waals surface area contributed by atoms with Crippen LogP contribution in [0.4, 0.5) is 0 Å². The quantitative estimate of drug-likeness (QED) is 0.863. The van der Waals surface area contributed by atoms with Gasteiger partial charge in [0.15, 0.2) is 11.5 Å². The fourth-order valence-electron chi connectivity index (χ4n) is 1.53. The van der Waals surface area contributed by atoms with Crippen LogP contribution in [0.3, 0.4) is 0 Å². The number of carbonyl (C=O) groups is 1. The number of amides is 1. The minimum absolute atomic E-state index is 0. The molecule has 1 aromatic rings. The lowest BCUT2D eigenvalue weighted by Gasteiger charge is -2.19. The van der Waals surface area contributed by atoms with Crippen molar-refractivity contribution < 1.29 is 14.6 Å². The number of halogens is 1. The number of hydrogen-bond donors (Lipinski definition) is 2. The zero-order valence-corrected chi connectivity index (χ0v) is 11.5. The Morgan fingerprint density at radius 1 is 1.56 bits per heavy atom. The van der Waals surface area contributed by atoms with E-state index in [-0.39, 0.29) is 24.1 Å². The maximum Gasteiger partial charge on any atom is 0.239 e. The Morgan fingerprint density at radius 3 is 2.61 bits per heavy atom. The maximum absolute atomic E-state index is 11.6. The third-order valence-corrected chi connectivity index (χ3v) is 2.43. The van der Waals surface area contributed by atoms with Gasteiger partial charge in [0, 0.05) is 13.6 Å². The summed E-state index contributed by atoms with van der Waals surface area (Å²) in [6.45, 7) is 2.04. The summed E-state index contributed by atoms with van der Waals surface area (Å²) in [6.07, 6.45) is 0. The van der Waals surface area contributed by atoms with Gasteiger partial charge in [-0.3, -0.25) is 4.79 Å². The number of phenols is 1. The van der Waals surface area contributed by atoms with E-state index in [0.717, 1.165) is 5.56 Å². The standard InChI is InChI=1S/C12H18N2O3.ClH/c1-8(13)12(16)14(2)7-9-4-5-11(17-3)10(15)6-9;/h4-6,8,15H,7,13H2,1-3H3;1H/t8-;/m1./s1. The van der Waals surface area contributed by atoms with Crippen LogP contribution < -0.4 is 10.5 Å². The van der Waals surface area contributed by atoms with Crippen molar-refractivity contribution in [3.8, 4) is 11.5 Å². The minimum Gasteiger partial charge on any atom is -0.504 e. The summed E-state index contributed by atoms with van der Waals surface area (Å²) >= 11 is 0. The molecule has 0 aliphatic rings. The second-order valence-electron chi connectivity index (χ2n) is 3.99. The summed E-state index contributed by atoms with van der Waals surface area (Å²) in [4.78, 5) is 13.1. The van der Waals surface area contributed by atoms with E-state index in [1.165, 1.54) is 12.0 Å². The second kappa shape index (κ2) is 7.08. The van der Waals surface area contributed by atoms with E-state index in [1.807, 2.05) is 0 Å². The maximum atomic E-state index is 11.6. The first kappa shape index (κ1) is 16.5. The smallest absolute Gasteiger partial charge is 0.239 e. The van der Waals surface area contributed by atoms with Gasteiger partial charge < -0.3 is 20.5 Å². The number of nitrogens with two attached hydrogens (primary N) is 1. The lowest BCUT2D eigenvalue weighted by molar-refractivity contribution is -0.131. The molecule has 0 aliphatic carbocycles. The Labute approximate surface area is 113 Å². The molecule has 6 heteroatoms. The Kier molecular flexibility index (Phi) is 6.51. The predicted molar refractivity (Wildman–Crippen MR) is 72.0 cm³/mol. The minimum atomic E-state index is -0.521. The van der Waals surface area contributed by atoms with E-state index in [2.05, 4.69) is 0 Å². The van der Waals surface area contributed by atoms with Crippen LogP contribution in [0.1, 0.15) is 12.5 Å². The summed E-state index contributed by atoms with van der Waals surface area (Å²) in [5.41, 5.74) is 6.32. The molecular weight excluding hydrogens is 256 g/mol. The van der Waals surface area contributed by atoms with Crippen molar-refractivity contribution >= 4 is 18.3 Å². The normalized spacial score (nSPS) is 11.3. The predicted octanol–water partition coefficient (Wildman–Crippen LogP) is 1.13. The van der Waals surface area contributed by atoms with Crippen LogP contribution in [0.25, 0.3) is 0 Å². The number of rotatable bonds is 4. The SMILES string of the molecule is COc1ccc(CN(C)C(=O)[C@@H](C)N)cc1O.Cl. The zero-order valence-electron chi connectivity index (χ0n) is 10.7. The first-order chi connectivity index (χ1) is 7.95. The number of methoxy groups -OCH3 is 1. The molecule has 0 spiro atoms. The number of hydrogen-bond acceptors (Lipinski definition) is 4. The molecule has 1 amide bonds. The highest BCUT2D eigenvalue weighted by Crippen LogP contribution is 2.26. The van der Waals surface area contributed by atoms with Crippen LogP contribution in [0, 0.1) is 0 Å². The van der Waals surface area contributed by atoms with Gasteiger partial charge in [0.2, 0.25) is 5.91 Å². The van der Waals surface area contributed by atoms with Gasteiger partial charge in [-0.2, -0.15) is 0 Å². The lowest BCUT2D eigenvalue weighted by atomic mass is 10.2. The Balaban J connectivity index is 0.00000289. The van der Waals surface area contributed by atoms with Gasteiger partial charge in [-0.25, -0.2) is 0 Å². The molecule has 0 aliphatic heterocycles. The molecule has 5 nitrogen and oxygen atoms in total. The molecule has 0 radical (unpaired) electrons. The number of benzene rings is 1. The highest BCUT2D eigenvalue weighted by Gasteiger charge is 2.14. The number of aromatic hydroxyl groups is 1. The fraction of sp³-hybridized carbons (Fsp3) is 0.417. The van der Waals surface area contributed by atoms with Gasteiger partial charge in [-0.1, -0.05) is 6.07 Å². The summed E-state index contributed by atoms with van der Waals surface area (Å²) in [5.74, 6) is 0.335. The Morgan fingerprint density at radius 2 is 2.17 bits per heavy atom. The monoisotopic (exact) mass is 274 g/mol. The molecule has 1 aromatic carbocycles. The highest BCUT2D eigenvalue weighted by molar-refractivity contribution is 5.85. The van der Waals surface area contributed by atoms with Crippen LogP contribution >= 0.6 is 12.4 Å². The molecule has 0 heterocycles. The van der Waals surface area contributed by atoms with Crippen LogP contribution in [0.15, 0.2) is 18.2 Å². The summed E-state index contributed by atoms with van der Waals surface area (Å²) in [6, 6.07) is 4.51. The van der Waals surface area contributed by atoms with E-state index in [0.29, 0.717) is 12.3 Å². The van der Waals surface area contributed by atoms with Crippen molar-refractivity contribution in [2.24, 2.45) is 5.73 Å². The van der Waals surface area contributed by atoms with Gasteiger partial charge in [-0.05, 0) is 24.6 Å². The number of nitrogens with zero attached hydrogens (tertiary/aromatic N) is 1. The number of phenolic OH excluding ortho intramolecular Hbond substituents is 1. The van der Waals surface area contributed by atoms with Gasteiger partial charge in [0.1, 0.15) is 0 Å². The third-order valence-electron chi connectivity index (χ3n) is 2.43. The highest BCUT2D eigenvalue weighted by atomic mass is 35.5. The first-order valence-electron chi connectivity index (χ1n) is 5.32. The van der Waals surface area contributed by atoms with Crippen LogP contribution in [0.5, 0.6) is 11.5 Å². The summed E-state index contributed by atoms with van der Waals surface area (Å²) in [7, 11) is 3.16. The van der Waals surface area contributed by atoms with Crippen LogP contribution in [0.2, 0.25) is 0 Å². The average molecular weight is 275 g/mol. The molecule has 0 fully saturated rings. The molecule has 0 bridgehead atoms. The van der Waals surface area contributed by atoms with E-state index >= 15 is 0 Å². The number of carbonyl (C=O) groups excluding carboxylic acids is 1. The summed E-state index contributed by atoms with van der Waals surface area (Å²) < 4.78 is 4.94. The molecule has 18 heavy (non-hydrogen) atoms. The molecule has 102 valence electrons. The molecule has 3 N–H and O–H groups in total. The van der Waals surface area contributed by atoms with E-state index < -0.39 is 6.04 Å².